The topological polar surface area (TPSA) is 200 Å². The second-order valence-electron chi connectivity index (χ2n) is 11.5. The maximum atomic E-state index is 13.0. The van der Waals surface area contributed by atoms with Crippen LogP contribution in [0.25, 0.3) is 0 Å². The summed E-state index contributed by atoms with van der Waals surface area (Å²) in [6.07, 6.45) is -5.39. The number of carbonyl (C=O) groups excluding carboxylic acids is 2. The van der Waals surface area contributed by atoms with E-state index in [0.717, 1.165) is 0 Å². The van der Waals surface area contributed by atoms with E-state index in [-0.39, 0.29) is 18.4 Å². The molecular weight excluding hydrogens is 530 g/mol. The fourth-order valence-corrected chi connectivity index (χ4v) is 3.65. The van der Waals surface area contributed by atoms with Crippen molar-refractivity contribution in [2.24, 2.45) is 5.41 Å². The number of hydrogen-bond donors (Lipinski definition) is 4. The molecule has 14 nitrogen and oxygen atoms in total. The van der Waals surface area contributed by atoms with Gasteiger partial charge in [-0.15, -0.1) is 6.58 Å². The highest BCUT2D eigenvalue weighted by Crippen LogP contribution is 2.21. The molecule has 0 aliphatic carbocycles. The third-order valence-electron chi connectivity index (χ3n) is 5.97. The summed E-state index contributed by atoms with van der Waals surface area (Å²) < 4.78 is 11.9. The minimum atomic E-state index is -2.14. The zero-order valence-electron chi connectivity index (χ0n) is 24.0. The number of carbonyl (C=O) groups is 2. The molecule has 0 bridgehead atoms. The minimum absolute atomic E-state index is 0.250. The number of rotatable bonds is 15. The van der Waals surface area contributed by atoms with E-state index < -0.39 is 85.1 Å². The van der Waals surface area contributed by atoms with Crippen molar-refractivity contribution in [2.45, 2.75) is 110 Å². The zero-order chi connectivity index (χ0) is 31.0. The van der Waals surface area contributed by atoms with Gasteiger partial charge in [0.15, 0.2) is 6.10 Å². The number of hydrogen-bond acceptors (Lipinski definition) is 11. The van der Waals surface area contributed by atoms with Gasteiger partial charge in [0.05, 0.1) is 32.2 Å². The molecule has 14 heteroatoms. The van der Waals surface area contributed by atoms with Gasteiger partial charge >= 0.3 is 29.0 Å². The van der Waals surface area contributed by atoms with Crippen LogP contribution in [-0.4, -0.2) is 82.7 Å². The van der Waals surface area contributed by atoms with Crippen molar-refractivity contribution in [3.8, 4) is 0 Å². The zero-order valence-corrected chi connectivity index (χ0v) is 24.0. The van der Waals surface area contributed by atoms with Crippen molar-refractivity contribution in [3.63, 3.8) is 0 Å². The molecule has 0 spiro atoms. The van der Waals surface area contributed by atoms with Gasteiger partial charge in [-0.1, -0.05) is 33.8 Å². The summed E-state index contributed by atoms with van der Waals surface area (Å²) in [4.78, 5) is 62.7. The van der Waals surface area contributed by atoms with E-state index in [1.54, 1.807) is 20.8 Å². The molecule has 40 heavy (non-hydrogen) atoms. The molecule has 1 rings (SSSR count). The van der Waals surface area contributed by atoms with Gasteiger partial charge in [0.1, 0.15) is 24.4 Å². The Morgan fingerprint density at radius 2 is 1.40 bits per heavy atom. The van der Waals surface area contributed by atoms with E-state index in [4.69, 9.17) is 9.47 Å². The number of allylic oxidation sites excluding steroid dienone is 1. The van der Waals surface area contributed by atoms with E-state index in [9.17, 15) is 44.4 Å². The van der Waals surface area contributed by atoms with Gasteiger partial charge in [-0.05, 0) is 32.1 Å². The van der Waals surface area contributed by atoms with Crippen molar-refractivity contribution in [2.75, 3.05) is 6.61 Å². The quantitative estimate of drug-likeness (QED) is 0.147. The van der Waals surface area contributed by atoms with Crippen LogP contribution in [0.4, 0.5) is 0 Å². The standard InChI is InChI=1S/C26H43N3O11/c1-8-10-27-22(36)28(13-16(30)12-25(3,4)5)24(38)29(23(27)37)14-17(31)15-39-21(35)20(34)18(32)11-19(33)40-26(6,7)9-2/h8,16-18,20,30-32,34H,1,9-15H2,2-7H3. The van der Waals surface area contributed by atoms with Crippen molar-refractivity contribution in [1.29, 1.82) is 0 Å². The van der Waals surface area contributed by atoms with Crippen LogP contribution in [-0.2, 0) is 38.7 Å². The molecule has 0 radical (unpaired) electrons. The summed E-state index contributed by atoms with van der Waals surface area (Å²) in [5.74, 6) is -2.20. The average Bonchev–Trinajstić information content (AvgIpc) is 2.83. The van der Waals surface area contributed by atoms with Crippen LogP contribution in [0.2, 0.25) is 0 Å². The molecule has 0 saturated carbocycles. The van der Waals surface area contributed by atoms with Gasteiger partial charge in [0, 0.05) is 0 Å². The summed E-state index contributed by atoms with van der Waals surface area (Å²) in [5.41, 5.74) is -4.22. The Bertz CT molecular complexity index is 1210. The summed E-state index contributed by atoms with van der Waals surface area (Å²) in [7, 11) is 0. The Morgan fingerprint density at radius 1 is 0.900 bits per heavy atom. The van der Waals surface area contributed by atoms with E-state index in [2.05, 4.69) is 6.58 Å². The molecule has 1 aromatic heterocycles. The molecule has 228 valence electrons. The van der Waals surface area contributed by atoms with Crippen LogP contribution in [0.3, 0.4) is 0 Å². The van der Waals surface area contributed by atoms with E-state index in [1.807, 2.05) is 20.8 Å². The van der Waals surface area contributed by atoms with Crippen molar-refractivity contribution < 1.29 is 39.5 Å². The van der Waals surface area contributed by atoms with Crippen LogP contribution in [0, 0.1) is 5.41 Å². The number of aromatic nitrogens is 3. The van der Waals surface area contributed by atoms with Crippen LogP contribution in [0.1, 0.15) is 60.8 Å². The summed E-state index contributed by atoms with van der Waals surface area (Å²) in [5, 5.41) is 40.8. The van der Waals surface area contributed by atoms with Gasteiger partial charge < -0.3 is 29.9 Å². The molecule has 0 aliphatic heterocycles. The predicted molar refractivity (Wildman–Crippen MR) is 144 cm³/mol. The molecule has 1 aromatic rings. The Hall–Kier alpha value is -3.07. The Kier molecular flexibility index (Phi) is 12.7. The summed E-state index contributed by atoms with van der Waals surface area (Å²) in [6, 6.07) is 0. The highest BCUT2D eigenvalue weighted by Gasteiger charge is 2.31. The number of esters is 2. The Labute approximate surface area is 232 Å². The lowest BCUT2D eigenvalue weighted by molar-refractivity contribution is -0.168. The first-order valence-electron chi connectivity index (χ1n) is 13.0. The van der Waals surface area contributed by atoms with Crippen LogP contribution < -0.4 is 17.1 Å². The molecule has 0 aliphatic rings. The molecular formula is C26H43N3O11. The van der Waals surface area contributed by atoms with Gasteiger partial charge in [0.25, 0.3) is 0 Å². The fourth-order valence-electron chi connectivity index (χ4n) is 3.65. The first-order chi connectivity index (χ1) is 18.3. The first-order valence-corrected chi connectivity index (χ1v) is 13.0. The fraction of sp³-hybridized carbons (Fsp3) is 0.731. The lowest BCUT2D eigenvalue weighted by Gasteiger charge is -2.24. The lowest BCUT2D eigenvalue weighted by atomic mass is 9.89. The smallest absolute Gasteiger partial charge is 0.337 e. The molecule has 4 atom stereocenters. The van der Waals surface area contributed by atoms with Gasteiger partial charge in [-0.2, -0.15) is 0 Å². The third-order valence-corrected chi connectivity index (χ3v) is 5.97. The second kappa shape index (κ2) is 14.5. The average molecular weight is 574 g/mol. The van der Waals surface area contributed by atoms with Crippen molar-refractivity contribution >= 4 is 11.9 Å². The van der Waals surface area contributed by atoms with Crippen LogP contribution in [0.5, 0.6) is 0 Å². The van der Waals surface area contributed by atoms with E-state index in [0.29, 0.717) is 20.1 Å². The molecule has 0 saturated heterocycles. The number of aliphatic hydroxyl groups is 4. The lowest BCUT2D eigenvalue weighted by Crippen LogP contribution is -2.56. The highest BCUT2D eigenvalue weighted by molar-refractivity contribution is 5.77. The molecule has 0 aromatic carbocycles. The normalized spacial score (nSPS) is 15.2. The molecule has 1 heterocycles. The largest absolute Gasteiger partial charge is 0.461 e. The van der Waals surface area contributed by atoms with Crippen LogP contribution >= 0.6 is 0 Å². The monoisotopic (exact) mass is 573 g/mol. The maximum Gasteiger partial charge on any atom is 0.337 e. The minimum Gasteiger partial charge on any atom is -0.461 e. The van der Waals surface area contributed by atoms with Crippen molar-refractivity contribution in [3.05, 3.63) is 44.1 Å². The van der Waals surface area contributed by atoms with Crippen LogP contribution in [0.15, 0.2) is 27.0 Å². The molecule has 0 fully saturated rings. The maximum absolute atomic E-state index is 13.0. The van der Waals surface area contributed by atoms with Gasteiger partial charge in [-0.3, -0.25) is 4.79 Å². The van der Waals surface area contributed by atoms with Gasteiger partial charge in [-0.25, -0.2) is 32.9 Å². The van der Waals surface area contributed by atoms with E-state index >= 15 is 0 Å². The summed E-state index contributed by atoms with van der Waals surface area (Å²) in [6.45, 7) is 12.0. The van der Waals surface area contributed by atoms with Gasteiger partial charge in [0.2, 0.25) is 0 Å². The first kappa shape index (κ1) is 35.0. The number of ether oxygens (including phenoxy) is 2. The van der Waals surface area contributed by atoms with E-state index in [1.165, 1.54) is 6.08 Å². The second-order valence-corrected chi connectivity index (χ2v) is 11.5. The third kappa shape index (κ3) is 10.5. The summed E-state index contributed by atoms with van der Waals surface area (Å²) >= 11 is 0. The Balaban J connectivity index is 3.01. The highest BCUT2D eigenvalue weighted by atomic mass is 16.6. The van der Waals surface area contributed by atoms with Crippen molar-refractivity contribution in [1.82, 2.24) is 13.7 Å². The number of aliphatic hydroxyl groups excluding tert-OH is 4. The number of nitrogens with zero attached hydrogens (tertiary/aromatic N) is 3. The Morgan fingerprint density at radius 3 is 1.88 bits per heavy atom. The predicted octanol–water partition coefficient (Wildman–Crippen LogP) is -1.10. The molecule has 4 N–H and O–H groups in total. The molecule has 4 unspecified atom stereocenters. The SMILES string of the molecule is C=CCn1c(=O)n(CC(O)COC(=O)C(O)C(O)CC(=O)OC(C)(C)CC)c(=O)n(CC(O)CC(C)(C)C)c1=O. The molecule has 0 amide bonds.